The van der Waals surface area contributed by atoms with Gasteiger partial charge in [0.2, 0.25) is 11.8 Å². The molecule has 5 heteroatoms. The highest BCUT2D eigenvalue weighted by molar-refractivity contribution is 5.86. The third-order valence-electron chi connectivity index (χ3n) is 3.37. The van der Waals surface area contributed by atoms with Crippen LogP contribution in [0.25, 0.3) is 0 Å². The van der Waals surface area contributed by atoms with Crippen LogP contribution in [0.5, 0.6) is 0 Å². The Balaban J connectivity index is 1.65. The van der Waals surface area contributed by atoms with Gasteiger partial charge in [-0.05, 0) is 31.4 Å². The quantitative estimate of drug-likeness (QED) is 0.849. The number of carbonyl (C=O) groups excluding carboxylic acids is 2. The molecule has 0 radical (unpaired) electrons. The first kappa shape index (κ1) is 14.4. The first-order chi connectivity index (χ1) is 9.75. The Morgan fingerprint density at radius 3 is 2.40 bits per heavy atom. The summed E-state index contributed by atoms with van der Waals surface area (Å²) in [4.78, 5) is 25.4. The van der Waals surface area contributed by atoms with E-state index in [9.17, 15) is 9.59 Å². The third kappa shape index (κ3) is 4.57. The van der Waals surface area contributed by atoms with E-state index >= 15 is 0 Å². The van der Waals surface area contributed by atoms with E-state index in [4.69, 9.17) is 0 Å². The van der Waals surface area contributed by atoms with E-state index in [0.717, 1.165) is 31.6 Å². The van der Waals surface area contributed by atoms with Gasteiger partial charge in [0.15, 0.2) is 0 Å². The maximum Gasteiger partial charge on any atom is 0.241 e. The van der Waals surface area contributed by atoms with Gasteiger partial charge in [0.25, 0.3) is 0 Å². The second-order valence-electron chi connectivity index (χ2n) is 4.94. The predicted molar refractivity (Wildman–Crippen MR) is 78.4 cm³/mol. The minimum absolute atomic E-state index is 0.0118. The van der Waals surface area contributed by atoms with Gasteiger partial charge >= 0.3 is 0 Å². The second kappa shape index (κ2) is 7.53. The molecule has 20 heavy (non-hydrogen) atoms. The smallest absolute Gasteiger partial charge is 0.241 e. The van der Waals surface area contributed by atoms with Gasteiger partial charge in [-0.1, -0.05) is 18.2 Å². The molecule has 1 aliphatic rings. The molecule has 0 spiro atoms. The van der Waals surface area contributed by atoms with E-state index < -0.39 is 0 Å². The summed E-state index contributed by atoms with van der Waals surface area (Å²) in [5.41, 5.74) is 0.894. The van der Waals surface area contributed by atoms with Crippen LogP contribution in [-0.4, -0.2) is 42.9 Å². The minimum atomic E-state index is -0.167. The molecule has 1 aromatic carbocycles. The van der Waals surface area contributed by atoms with Crippen molar-refractivity contribution in [3.8, 4) is 0 Å². The summed E-state index contributed by atoms with van der Waals surface area (Å²) < 4.78 is 0. The van der Waals surface area contributed by atoms with Crippen LogP contribution in [0.15, 0.2) is 30.3 Å². The minimum Gasteiger partial charge on any atom is -0.376 e. The van der Waals surface area contributed by atoms with Gasteiger partial charge < -0.3 is 15.5 Å². The normalized spacial score (nSPS) is 14.7. The average Bonchev–Trinajstić information content (AvgIpc) is 2.52. The van der Waals surface area contributed by atoms with Crippen LogP contribution >= 0.6 is 0 Å². The van der Waals surface area contributed by atoms with Crippen LogP contribution in [0.1, 0.15) is 19.3 Å². The third-order valence-corrected chi connectivity index (χ3v) is 3.37. The highest BCUT2D eigenvalue weighted by Crippen LogP contribution is 2.08. The van der Waals surface area contributed by atoms with Crippen molar-refractivity contribution in [2.75, 3.05) is 31.5 Å². The summed E-state index contributed by atoms with van der Waals surface area (Å²) >= 11 is 0. The van der Waals surface area contributed by atoms with Crippen molar-refractivity contribution in [1.82, 2.24) is 10.2 Å². The van der Waals surface area contributed by atoms with Gasteiger partial charge in [0.05, 0.1) is 13.1 Å². The van der Waals surface area contributed by atoms with Crippen molar-refractivity contribution in [2.24, 2.45) is 0 Å². The highest BCUT2D eigenvalue weighted by Gasteiger charge is 2.16. The summed E-state index contributed by atoms with van der Waals surface area (Å²) in [6.07, 6.45) is 3.32. The molecule has 0 bridgehead atoms. The van der Waals surface area contributed by atoms with E-state index in [0.29, 0.717) is 0 Å². The van der Waals surface area contributed by atoms with E-state index in [1.54, 1.807) is 0 Å². The molecule has 1 saturated heterocycles. The summed E-state index contributed by atoms with van der Waals surface area (Å²) in [7, 11) is 0. The zero-order valence-corrected chi connectivity index (χ0v) is 11.6. The first-order valence-corrected chi connectivity index (χ1v) is 7.09. The molecule has 5 nitrogen and oxygen atoms in total. The van der Waals surface area contributed by atoms with E-state index in [2.05, 4.69) is 10.6 Å². The molecule has 1 heterocycles. The van der Waals surface area contributed by atoms with Gasteiger partial charge in [-0.2, -0.15) is 0 Å². The summed E-state index contributed by atoms with van der Waals surface area (Å²) in [5.74, 6) is -0.156. The summed E-state index contributed by atoms with van der Waals surface area (Å²) in [5, 5.41) is 5.67. The van der Waals surface area contributed by atoms with Crippen molar-refractivity contribution in [2.45, 2.75) is 19.3 Å². The van der Waals surface area contributed by atoms with Crippen molar-refractivity contribution < 1.29 is 9.59 Å². The Labute approximate surface area is 119 Å². The number of para-hydroxylation sites is 1. The number of anilines is 1. The van der Waals surface area contributed by atoms with E-state index in [-0.39, 0.29) is 24.9 Å². The zero-order chi connectivity index (χ0) is 14.2. The standard InChI is InChI=1S/C15H21N3O2/c19-14(11-16-13-7-3-1-4-8-13)17-12-15(20)18-9-5-2-6-10-18/h1,3-4,7-8,16H,2,5-6,9-12H2,(H,17,19). The van der Waals surface area contributed by atoms with Crippen LogP contribution in [0.2, 0.25) is 0 Å². The molecular weight excluding hydrogens is 254 g/mol. The molecular formula is C15H21N3O2. The van der Waals surface area contributed by atoms with Crippen molar-refractivity contribution in [3.05, 3.63) is 30.3 Å². The topological polar surface area (TPSA) is 61.4 Å². The van der Waals surface area contributed by atoms with Crippen LogP contribution in [-0.2, 0) is 9.59 Å². The number of carbonyl (C=O) groups is 2. The van der Waals surface area contributed by atoms with E-state index in [1.807, 2.05) is 35.2 Å². The Kier molecular flexibility index (Phi) is 5.41. The maximum atomic E-state index is 11.9. The van der Waals surface area contributed by atoms with Crippen molar-refractivity contribution in [1.29, 1.82) is 0 Å². The molecule has 1 fully saturated rings. The number of benzene rings is 1. The van der Waals surface area contributed by atoms with Gasteiger partial charge in [-0.15, -0.1) is 0 Å². The molecule has 2 rings (SSSR count). The maximum absolute atomic E-state index is 11.9. The largest absolute Gasteiger partial charge is 0.376 e. The number of rotatable bonds is 5. The monoisotopic (exact) mass is 275 g/mol. The van der Waals surface area contributed by atoms with Gasteiger partial charge in [0, 0.05) is 18.8 Å². The summed E-state index contributed by atoms with van der Waals surface area (Å²) in [6, 6.07) is 9.51. The molecule has 2 amide bonds. The van der Waals surface area contributed by atoms with Crippen LogP contribution < -0.4 is 10.6 Å². The molecule has 0 aromatic heterocycles. The molecule has 0 unspecified atom stereocenters. The lowest BCUT2D eigenvalue weighted by Crippen LogP contribution is -2.43. The molecule has 2 N–H and O–H groups in total. The number of nitrogens with one attached hydrogen (secondary N) is 2. The average molecular weight is 275 g/mol. The van der Waals surface area contributed by atoms with Crippen molar-refractivity contribution in [3.63, 3.8) is 0 Å². The zero-order valence-electron chi connectivity index (χ0n) is 11.6. The predicted octanol–water partition coefficient (Wildman–Crippen LogP) is 1.23. The van der Waals surface area contributed by atoms with Gasteiger partial charge in [-0.3, -0.25) is 9.59 Å². The fourth-order valence-corrected chi connectivity index (χ4v) is 2.23. The molecule has 0 atom stereocenters. The van der Waals surface area contributed by atoms with Crippen molar-refractivity contribution >= 4 is 17.5 Å². The van der Waals surface area contributed by atoms with Gasteiger partial charge in [0.1, 0.15) is 0 Å². The lowest BCUT2D eigenvalue weighted by Gasteiger charge is -2.26. The number of nitrogens with zero attached hydrogens (tertiary/aromatic N) is 1. The number of hydrogen-bond donors (Lipinski definition) is 2. The first-order valence-electron chi connectivity index (χ1n) is 7.09. The lowest BCUT2D eigenvalue weighted by atomic mass is 10.1. The van der Waals surface area contributed by atoms with Crippen LogP contribution in [0.4, 0.5) is 5.69 Å². The Bertz CT molecular complexity index is 442. The Hall–Kier alpha value is -2.04. The fourth-order valence-electron chi connectivity index (χ4n) is 2.23. The molecule has 1 aromatic rings. The number of piperidine rings is 1. The summed E-state index contributed by atoms with van der Waals surface area (Å²) in [6.45, 7) is 1.90. The lowest BCUT2D eigenvalue weighted by molar-refractivity contribution is -0.133. The van der Waals surface area contributed by atoms with Gasteiger partial charge in [-0.25, -0.2) is 0 Å². The fraction of sp³-hybridized carbons (Fsp3) is 0.467. The second-order valence-corrected chi connectivity index (χ2v) is 4.94. The van der Waals surface area contributed by atoms with E-state index in [1.165, 1.54) is 6.42 Å². The Morgan fingerprint density at radius 2 is 1.70 bits per heavy atom. The highest BCUT2D eigenvalue weighted by atomic mass is 16.2. The Morgan fingerprint density at radius 1 is 1.00 bits per heavy atom. The molecule has 0 saturated carbocycles. The molecule has 1 aliphatic heterocycles. The number of hydrogen-bond acceptors (Lipinski definition) is 3. The van der Waals surface area contributed by atoms with Crippen LogP contribution in [0.3, 0.4) is 0 Å². The van der Waals surface area contributed by atoms with Crippen LogP contribution in [0, 0.1) is 0 Å². The number of amides is 2. The molecule has 0 aliphatic carbocycles. The SMILES string of the molecule is O=C(CNc1ccccc1)NCC(=O)N1CCCCC1. The number of likely N-dealkylation sites (tertiary alicyclic amines) is 1. The molecule has 108 valence electrons.